The quantitative estimate of drug-likeness (QED) is 0.630. The Balaban J connectivity index is 2.92. The lowest BCUT2D eigenvalue weighted by Gasteiger charge is -2.10. The molecular formula is C10H13IO2. The fraction of sp³-hybridized carbons (Fsp3) is 0.400. The van der Waals surface area contributed by atoms with E-state index in [0.717, 1.165) is 14.9 Å². The van der Waals surface area contributed by atoms with Crippen LogP contribution in [0.4, 0.5) is 0 Å². The smallest absolute Gasteiger partial charge is 0.188 e. The molecule has 3 heteroatoms. The number of hydrogen-bond donors (Lipinski definition) is 0. The minimum Gasteiger partial charge on any atom is -0.466 e. The second kappa shape index (κ2) is 4.81. The summed E-state index contributed by atoms with van der Waals surface area (Å²) in [6.07, 6.45) is 0. The Kier molecular flexibility index (Phi) is 3.99. The normalized spacial score (nSPS) is 10.2. The molecule has 0 bridgehead atoms. The third-order valence-electron chi connectivity index (χ3n) is 1.69. The molecule has 0 amide bonds. The van der Waals surface area contributed by atoms with E-state index in [1.807, 2.05) is 6.92 Å². The molecule has 0 aliphatic heterocycles. The van der Waals surface area contributed by atoms with E-state index in [2.05, 4.69) is 41.6 Å². The van der Waals surface area contributed by atoms with Gasteiger partial charge in [-0.2, -0.15) is 0 Å². The number of hydrogen-bond acceptors (Lipinski definition) is 2. The standard InChI is InChI=1S/C10H13IO2/c1-7-4-8(2)10(9(11)5-7)13-6-12-3/h4-5H,6H2,1-3H3. The maximum atomic E-state index is 5.44. The summed E-state index contributed by atoms with van der Waals surface area (Å²) < 4.78 is 11.4. The Morgan fingerprint density at radius 3 is 2.54 bits per heavy atom. The summed E-state index contributed by atoms with van der Waals surface area (Å²) in [6.45, 7) is 4.43. The van der Waals surface area contributed by atoms with E-state index >= 15 is 0 Å². The number of benzene rings is 1. The minimum absolute atomic E-state index is 0.305. The van der Waals surface area contributed by atoms with Gasteiger partial charge in [0.2, 0.25) is 0 Å². The average molecular weight is 292 g/mol. The van der Waals surface area contributed by atoms with Crippen molar-refractivity contribution in [2.45, 2.75) is 13.8 Å². The molecule has 2 nitrogen and oxygen atoms in total. The zero-order valence-corrected chi connectivity index (χ0v) is 10.2. The lowest BCUT2D eigenvalue weighted by atomic mass is 10.1. The van der Waals surface area contributed by atoms with Crippen LogP contribution in [0.2, 0.25) is 0 Å². The number of rotatable bonds is 3. The van der Waals surface area contributed by atoms with Crippen LogP contribution >= 0.6 is 22.6 Å². The molecule has 0 heterocycles. The molecule has 0 saturated carbocycles. The number of halogens is 1. The van der Waals surface area contributed by atoms with Crippen molar-refractivity contribution in [1.29, 1.82) is 0 Å². The average Bonchev–Trinajstić information content (AvgIpc) is 2.02. The van der Waals surface area contributed by atoms with Crippen LogP contribution in [0.25, 0.3) is 0 Å². The van der Waals surface area contributed by atoms with Crippen LogP contribution in [0.15, 0.2) is 12.1 Å². The molecule has 0 fully saturated rings. The van der Waals surface area contributed by atoms with Crippen molar-refractivity contribution in [3.63, 3.8) is 0 Å². The summed E-state index contributed by atoms with van der Waals surface area (Å²) in [5, 5.41) is 0. The highest BCUT2D eigenvalue weighted by atomic mass is 127. The van der Waals surface area contributed by atoms with Gasteiger partial charge in [-0.15, -0.1) is 0 Å². The third kappa shape index (κ3) is 2.84. The molecule has 0 saturated heterocycles. The number of aryl methyl sites for hydroxylation is 2. The first-order valence-electron chi connectivity index (χ1n) is 4.03. The van der Waals surface area contributed by atoms with Crippen LogP contribution in [0.5, 0.6) is 5.75 Å². The molecule has 0 aliphatic carbocycles. The SMILES string of the molecule is COCOc1c(C)cc(C)cc1I. The Morgan fingerprint density at radius 2 is 2.00 bits per heavy atom. The third-order valence-corrected chi connectivity index (χ3v) is 2.50. The van der Waals surface area contributed by atoms with Crippen molar-refractivity contribution in [1.82, 2.24) is 0 Å². The van der Waals surface area contributed by atoms with Gasteiger partial charge >= 0.3 is 0 Å². The van der Waals surface area contributed by atoms with Crippen molar-refractivity contribution in [3.8, 4) is 5.75 Å². The molecule has 13 heavy (non-hydrogen) atoms. The van der Waals surface area contributed by atoms with Gasteiger partial charge < -0.3 is 9.47 Å². The largest absolute Gasteiger partial charge is 0.466 e. The molecular weight excluding hydrogens is 279 g/mol. The number of ether oxygens (including phenoxy) is 2. The number of methoxy groups -OCH3 is 1. The van der Waals surface area contributed by atoms with Gasteiger partial charge in [-0.05, 0) is 53.6 Å². The monoisotopic (exact) mass is 292 g/mol. The van der Waals surface area contributed by atoms with Gasteiger partial charge in [0.1, 0.15) is 5.75 Å². The molecule has 72 valence electrons. The van der Waals surface area contributed by atoms with Crippen LogP contribution in [0, 0.1) is 17.4 Å². The topological polar surface area (TPSA) is 18.5 Å². The molecule has 0 spiro atoms. The summed E-state index contributed by atoms with van der Waals surface area (Å²) in [5.74, 6) is 0.924. The van der Waals surface area contributed by atoms with Gasteiger partial charge in [0, 0.05) is 7.11 Å². The highest BCUT2D eigenvalue weighted by Gasteiger charge is 2.05. The first-order chi connectivity index (χ1) is 6.15. The maximum Gasteiger partial charge on any atom is 0.188 e. The van der Waals surface area contributed by atoms with E-state index in [0.29, 0.717) is 6.79 Å². The highest BCUT2D eigenvalue weighted by Crippen LogP contribution is 2.26. The van der Waals surface area contributed by atoms with Gasteiger partial charge in [0.05, 0.1) is 3.57 Å². The molecule has 0 unspecified atom stereocenters. The predicted octanol–water partition coefficient (Wildman–Crippen LogP) is 2.89. The second-order valence-corrected chi connectivity index (χ2v) is 4.11. The van der Waals surface area contributed by atoms with Crippen LogP contribution in [-0.2, 0) is 4.74 Å². The fourth-order valence-electron chi connectivity index (χ4n) is 1.20. The van der Waals surface area contributed by atoms with Gasteiger partial charge in [-0.25, -0.2) is 0 Å². The summed E-state index contributed by atoms with van der Waals surface area (Å²) in [6, 6.07) is 4.20. The van der Waals surface area contributed by atoms with E-state index in [9.17, 15) is 0 Å². The van der Waals surface area contributed by atoms with Gasteiger partial charge in [-0.3, -0.25) is 0 Å². The zero-order chi connectivity index (χ0) is 9.84. The van der Waals surface area contributed by atoms with Crippen LogP contribution in [0.1, 0.15) is 11.1 Å². The van der Waals surface area contributed by atoms with Crippen LogP contribution in [0.3, 0.4) is 0 Å². The Labute approximate surface area is 92.4 Å². The first-order valence-corrected chi connectivity index (χ1v) is 5.11. The molecule has 0 radical (unpaired) electrons. The molecule has 1 aromatic carbocycles. The van der Waals surface area contributed by atoms with Crippen LogP contribution in [-0.4, -0.2) is 13.9 Å². The van der Waals surface area contributed by atoms with Crippen LogP contribution < -0.4 is 4.74 Å². The summed E-state index contributed by atoms with van der Waals surface area (Å²) in [5.41, 5.74) is 2.41. The fourth-order valence-corrected chi connectivity index (χ4v) is 2.28. The lowest BCUT2D eigenvalue weighted by molar-refractivity contribution is 0.0500. The van der Waals surface area contributed by atoms with Crippen molar-refractivity contribution >= 4 is 22.6 Å². The molecule has 1 rings (SSSR count). The second-order valence-electron chi connectivity index (χ2n) is 2.94. The summed E-state index contributed by atoms with van der Waals surface area (Å²) in [4.78, 5) is 0. The maximum absolute atomic E-state index is 5.44. The first kappa shape index (κ1) is 10.8. The van der Waals surface area contributed by atoms with Crippen molar-refractivity contribution in [3.05, 3.63) is 26.8 Å². The molecule has 0 atom stereocenters. The highest BCUT2D eigenvalue weighted by molar-refractivity contribution is 14.1. The summed E-state index contributed by atoms with van der Waals surface area (Å²) >= 11 is 2.27. The van der Waals surface area contributed by atoms with Gasteiger partial charge in [0.15, 0.2) is 6.79 Å². The molecule has 0 N–H and O–H groups in total. The Hall–Kier alpha value is -0.290. The zero-order valence-electron chi connectivity index (χ0n) is 8.06. The van der Waals surface area contributed by atoms with Crippen molar-refractivity contribution in [2.75, 3.05) is 13.9 Å². The molecule has 0 aliphatic rings. The van der Waals surface area contributed by atoms with E-state index in [-0.39, 0.29) is 0 Å². The Bertz CT molecular complexity index is 274. The van der Waals surface area contributed by atoms with Crippen molar-refractivity contribution < 1.29 is 9.47 Å². The van der Waals surface area contributed by atoms with E-state index in [1.165, 1.54) is 5.56 Å². The van der Waals surface area contributed by atoms with E-state index in [1.54, 1.807) is 7.11 Å². The van der Waals surface area contributed by atoms with Gasteiger partial charge in [0.25, 0.3) is 0 Å². The van der Waals surface area contributed by atoms with E-state index in [4.69, 9.17) is 9.47 Å². The van der Waals surface area contributed by atoms with Crippen molar-refractivity contribution in [2.24, 2.45) is 0 Å². The minimum atomic E-state index is 0.305. The molecule has 0 aromatic heterocycles. The van der Waals surface area contributed by atoms with E-state index < -0.39 is 0 Å². The van der Waals surface area contributed by atoms with Gasteiger partial charge in [-0.1, -0.05) is 6.07 Å². The molecule has 1 aromatic rings. The predicted molar refractivity (Wildman–Crippen MR) is 61.1 cm³/mol. The summed E-state index contributed by atoms with van der Waals surface area (Å²) in [7, 11) is 1.62. The lowest BCUT2D eigenvalue weighted by Crippen LogP contribution is -2.02. The Morgan fingerprint density at radius 1 is 1.31 bits per heavy atom.